The maximum Gasteiger partial charge on any atom is 0.323 e. The quantitative estimate of drug-likeness (QED) is 0.334. The number of benzene rings is 3. The van der Waals surface area contributed by atoms with E-state index < -0.39 is 5.92 Å². The summed E-state index contributed by atoms with van der Waals surface area (Å²) in [5.41, 5.74) is 5.15. The Hall–Kier alpha value is -3.07. The molecule has 1 aliphatic rings. The number of ether oxygens (including phenoxy) is 2. The third-order valence-electron chi connectivity index (χ3n) is 6.00. The van der Waals surface area contributed by atoms with E-state index in [1.165, 1.54) is 5.56 Å². The molecule has 4 rings (SSSR count). The van der Waals surface area contributed by atoms with Crippen LogP contribution in [0.25, 0.3) is 0 Å². The van der Waals surface area contributed by atoms with Crippen LogP contribution in [0.1, 0.15) is 75.3 Å². The van der Waals surface area contributed by atoms with Crippen molar-refractivity contribution in [2.75, 3.05) is 0 Å². The number of rotatable bonds is 4. The minimum Gasteiger partial charge on any atom is -0.489 e. The Morgan fingerprint density at radius 3 is 2.09 bits per heavy atom. The van der Waals surface area contributed by atoms with Crippen LogP contribution in [-0.4, -0.2) is 5.97 Å². The molecule has 3 aromatic carbocycles. The van der Waals surface area contributed by atoms with Crippen molar-refractivity contribution in [2.45, 2.75) is 64.9 Å². The Labute approximate surface area is 191 Å². The maximum absolute atomic E-state index is 13.0. The average molecular weight is 429 g/mol. The molecule has 0 radical (unpaired) electrons. The van der Waals surface area contributed by atoms with Gasteiger partial charge in [0.1, 0.15) is 24.0 Å². The lowest BCUT2D eigenvalue weighted by Crippen LogP contribution is -2.17. The van der Waals surface area contributed by atoms with Gasteiger partial charge in [0.15, 0.2) is 0 Å². The van der Waals surface area contributed by atoms with Gasteiger partial charge in [0.05, 0.1) is 0 Å². The van der Waals surface area contributed by atoms with Gasteiger partial charge in [0.25, 0.3) is 0 Å². The molecule has 0 aliphatic carbocycles. The second kappa shape index (κ2) is 8.12. The maximum atomic E-state index is 13.0. The summed E-state index contributed by atoms with van der Waals surface area (Å²) < 4.78 is 11.8. The summed E-state index contributed by atoms with van der Waals surface area (Å²) in [6.07, 6.45) is 0. The number of fused-ring (bicyclic) bond motifs is 1. The number of hydrogen-bond acceptors (Lipinski definition) is 3. The van der Waals surface area contributed by atoms with Gasteiger partial charge in [0, 0.05) is 11.1 Å². The molecule has 0 spiro atoms. The van der Waals surface area contributed by atoms with Crippen molar-refractivity contribution in [1.29, 1.82) is 0 Å². The topological polar surface area (TPSA) is 35.5 Å². The normalized spacial score (nSPS) is 15.9. The summed E-state index contributed by atoms with van der Waals surface area (Å²) in [6.45, 7) is 13.6. The summed E-state index contributed by atoms with van der Waals surface area (Å²) >= 11 is 0. The van der Waals surface area contributed by atoms with Crippen LogP contribution in [0.3, 0.4) is 0 Å². The van der Waals surface area contributed by atoms with Crippen molar-refractivity contribution in [3.63, 3.8) is 0 Å². The number of hydrogen-bond donors (Lipinski definition) is 0. The monoisotopic (exact) mass is 428 g/mol. The molecule has 0 aromatic heterocycles. The minimum atomic E-state index is -0.420. The van der Waals surface area contributed by atoms with Crippen LogP contribution in [0, 0.1) is 0 Å². The molecule has 0 bridgehead atoms. The minimum absolute atomic E-state index is 0.0274. The van der Waals surface area contributed by atoms with E-state index in [0.29, 0.717) is 6.61 Å². The summed E-state index contributed by atoms with van der Waals surface area (Å²) in [6, 6.07) is 22.2. The molecule has 3 aromatic rings. The fourth-order valence-corrected chi connectivity index (χ4v) is 4.07. The largest absolute Gasteiger partial charge is 0.489 e. The summed E-state index contributed by atoms with van der Waals surface area (Å²) in [7, 11) is 0. The molecule has 1 heterocycles. The molecule has 0 fully saturated rings. The number of carbonyl (C=O) groups excluding carboxylic acids is 1. The zero-order chi connectivity index (χ0) is 23.1. The number of carbonyl (C=O) groups is 1. The lowest BCUT2D eigenvalue weighted by molar-refractivity contribution is -0.133. The Balaban J connectivity index is 1.67. The van der Waals surface area contributed by atoms with Crippen molar-refractivity contribution < 1.29 is 14.3 Å². The van der Waals surface area contributed by atoms with Crippen LogP contribution in [0.2, 0.25) is 0 Å². The summed E-state index contributed by atoms with van der Waals surface area (Å²) in [4.78, 5) is 13.0. The van der Waals surface area contributed by atoms with E-state index in [9.17, 15) is 4.79 Å². The van der Waals surface area contributed by atoms with Crippen molar-refractivity contribution in [1.82, 2.24) is 0 Å². The van der Waals surface area contributed by atoms with E-state index in [4.69, 9.17) is 9.47 Å². The van der Waals surface area contributed by atoms with Crippen LogP contribution in [0.5, 0.6) is 11.5 Å². The van der Waals surface area contributed by atoms with Crippen LogP contribution in [0.4, 0.5) is 0 Å². The molecule has 0 amide bonds. The molecular formula is C29H32O3. The lowest BCUT2D eigenvalue weighted by Gasteiger charge is -2.27. The average Bonchev–Trinajstić information content (AvgIpc) is 3.07. The van der Waals surface area contributed by atoms with Crippen LogP contribution < -0.4 is 9.47 Å². The predicted molar refractivity (Wildman–Crippen MR) is 129 cm³/mol. The first kappa shape index (κ1) is 22.1. The van der Waals surface area contributed by atoms with Gasteiger partial charge in [-0.05, 0) is 39.7 Å². The Kier molecular flexibility index (Phi) is 5.62. The lowest BCUT2D eigenvalue weighted by atomic mass is 9.77. The first-order valence-electron chi connectivity index (χ1n) is 11.2. The van der Waals surface area contributed by atoms with Crippen molar-refractivity contribution in [3.8, 4) is 11.5 Å². The highest BCUT2D eigenvalue weighted by molar-refractivity contribution is 5.90. The van der Waals surface area contributed by atoms with Gasteiger partial charge in [0.2, 0.25) is 0 Å². The van der Waals surface area contributed by atoms with E-state index in [-0.39, 0.29) is 16.8 Å². The Morgan fingerprint density at radius 2 is 1.50 bits per heavy atom. The van der Waals surface area contributed by atoms with E-state index in [0.717, 1.165) is 33.8 Å². The Bertz CT molecular complexity index is 1110. The van der Waals surface area contributed by atoms with Gasteiger partial charge in [-0.3, -0.25) is 4.79 Å². The van der Waals surface area contributed by atoms with Crippen molar-refractivity contribution in [3.05, 3.63) is 94.5 Å². The summed E-state index contributed by atoms with van der Waals surface area (Å²) in [5.74, 6) is 0.874. The molecular weight excluding hydrogens is 396 g/mol. The van der Waals surface area contributed by atoms with E-state index >= 15 is 0 Å². The third-order valence-corrected chi connectivity index (χ3v) is 6.00. The van der Waals surface area contributed by atoms with Crippen molar-refractivity contribution >= 4 is 5.97 Å². The molecule has 3 nitrogen and oxygen atoms in total. The molecule has 0 N–H and O–H groups in total. The second-order valence-electron chi connectivity index (χ2n) is 10.6. The molecule has 1 unspecified atom stereocenters. The molecule has 166 valence electrons. The van der Waals surface area contributed by atoms with Crippen molar-refractivity contribution in [2.24, 2.45) is 0 Å². The fraction of sp³-hybridized carbons (Fsp3) is 0.345. The highest BCUT2D eigenvalue weighted by atomic mass is 16.5. The van der Waals surface area contributed by atoms with Gasteiger partial charge in [-0.2, -0.15) is 0 Å². The van der Waals surface area contributed by atoms with Gasteiger partial charge in [-0.15, -0.1) is 0 Å². The van der Waals surface area contributed by atoms with Crippen LogP contribution in [-0.2, 0) is 22.2 Å². The van der Waals surface area contributed by atoms with Crippen LogP contribution >= 0.6 is 0 Å². The molecule has 1 aliphatic heterocycles. The molecule has 0 saturated heterocycles. The molecule has 32 heavy (non-hydrogen) atoms. The van der Waals surface area contributed by atoms with Gasteiger partial charge < -0.3 is 9.47 Å². The molecule has 1 atom stereocenters. The SMILES string of the molecule is CC(C)(C)c1cc2c(c(C(C)(C)C)c1)OC(=O)C2c1ccc(OCc2ccccc2)cc1. The van der Waals surface area contributed by atoms with Crippen LogP contribution in [0.15, 0.2) is 66.7 Å². The van der Waals surface area contributed by atoms with Gasteiger partial charge in [-0.1, -0.05) is 96.1 Å². The Morgan fingerprint density at radius 1 is 0.844 bits per heavy atom. The highest BCUT2D eigenvalue weighted by Crippen LogP contribution is 2.47. The smallest absolute Gasteiger partial charge is 0.323 e. The molecule has 0 saturated carbocycles. The predicted octanol–water partition coefficient (Wildman–Crippen LogP) is 6.91. The first-order valence-corrected chi connectivity index (χ1v) is 11.2. The zero-order valence-electron chi connectivity index (χ0n) is 19.9. The first-order chi connectivity index (χ1) is 15.0. The van der Waals surface area contributed by atoms with Gasteiger partial charge in [-0.25, -0.2) is 0 Å². The van der Waals surface area contributed by atoms with E-state index in [1.807, 2.05) is 54.6 Å². The number of esters is 1. The summed E-state index contributed by atoms with van der Waals surface area (Å²) in [5, 5.41) is 0. The van der Waals surface area contributed by atoms with E-state index in [1.54, 1.807) is 0 Å². The van der Waals surface area contributed by atoms with E-state index in [2.05, 4.69) is 53.7 Å². The molecule has 3 heteroatoms. The zero-order valence-corrected chi connectivity index (χ0v) is 19.9. The third kappa shape index (κ3) is 4.43. The van der Waals surface area contributed by atoms with Gasteiger partial charge >= 0.3 is 5.97 Å². The highest BCUT2D eigenvalue weighted by Gasteiger charge is 2.39. The second-order valence-corrected chi connectivity index (χ2v) is 10.6. The fourth-order valence-electron chi connectivity index (χ4n) is 4.07. The standard InChI is InChI=1S/C29H32O3/c1-28(2,3)21-16-23-25(27(30)32-26(23)24(17-21)29(4,5)6)20-12-14-22(15-13-20)31-18-19-10-8-7-9-11-19/h7-17,25H,18H2,1-6H3.